The number of carbonyl (C=O) groups is 2. The largest absolute Gasteiger partial charge is 0.339 e. The summed E-state index contributed by atoms with van der Waals surface area (Å²) in [5, 5.41) is 7.90. The first kappa shape index (κ1) is 25.4. The molecule has 3 N–H and O–H groups in total. The number of nitrogens with one attached hydrogen (secondary N) is 3. The molecule has 4 rings (SSSR count). The molecule has 0 radical (unpaired) electrons. The molecule has 0 aliphatic heterocycles. The van der Waals surface area contributed by atoms with Crippen LogP contribution in [-0.4, -0.2) is 28.4 Å². The summed E-state index contributed by atoms with van der Waals surface area (Å²) < 4.78 is 3.45. The van der Waals surface area contributed by atoms with Crippen molar-refractivity contribution >= 4 is 40.2 Å². The quantitative estimate of drug-likeness (QED) is 0.275. The Bertz CT molecular complexity index is 1340. The van der Waals surface area contributed by atoms with Crippen LogP contribution < -0.4 is 15.4 Å². The minimum Gasteiger partial charge on any atom is -0.339 e. The number of anilines is 1. The maximum absolute atomic E-state index is 13.5. The first-order valence-corrected chi connectivity index (χ1v) is 12.6. The molecule has 36 heavy (non-hydrogen) atoms. The predicted octanol–water partition coefficient (Wildman–Crippen LogP) is 5.61. The van der Waals surface area contributed by atoms with E-state index in [0.717, 1.165) is 21.2 Å². The van der Waals surface area contributed by atoms with Gasteiger partial charge >= 0.3 is 0 Å². The molecule has 6 nitrogen and oxygen atoms in total. The highest BCUT2D eigenvalue weighted by Crippen LogP contribution is 2.32. The second-order valence-electron chi connectivity index (χ2n) is 9.53. The standard InChI is InChI=1S/C29H30N4O2S/c1-29(2,3)33-36-26-17-10-13-21-22(26)14-9-16-23(21)31-28(35)25(19-20-11-5-4-6-12-20)32-27(34)24-15-7-8-18-30-24/h4-18,25,33H,19H2,1-3H3,(H,31,35)(H,32,34)/t25-/m0/s1. The second-order valence-corrected chi connectivity index (χ2v) is 10.4. The first-order valence-electron chi connectivity index (χ1n) is 11.8. The van der Waals surface area contributed by atoms with Crippen LogP contribution in [0, 0.1) is 0 Å². The number of amides is 2. The Labute approximate surface area is 216 Å². The molecule has 184 valence electrons. The number of hydrogen-bond acceptors (Lipinski definition) is 5. The van der Waals surface area contributed by atoms with Crippen molar-refractivity contribution in [2.75, 3.05) is 5.32 Å². The van der Waals surface area contributed by atoms with Crippen molar-refractivity contribution in [3.8, 4) is 0 Å². The molecule has 0 spiro atoms. The van der Waals surface area contributed by atoms with E-state index in [-0.39, 0.29) is 17.1 Å². The second kappa shape index (κ2) is 11.4. The number of carbonyl (C=O) groups excluding carboxylic acids is 2. The van der Waals surface area contributed by atoms with E-state index in [1.807, 2.05) is 60.7 Å². The summed E-state index contributed by atoms with van der Waals surface area (Å²) in [6.45, 7) is 6.34. The number of hydrogen-bond donors (Lipinski definition) is 3. The average molecular weight is 499 g/mol. The van der Waals surface area contributed by atoms with Gasteiger partial charge in [0.2, 0.25) is 5.91 Å². The van der Waals surface area contributed by atoms with Crippen LogP contribution >= 0.6 is 11.9 Å². The molecular formula is C29H30N4O2S. The molecular weight excluding hydrogens is 468 g/mol. The zero-order valence-electron chi connectivity index (χ0n) is 20.6. The van der Waals surface area contributed by atoms with Crippen LogP contribution in [0.1, 0.15) is 36.8 Å². The van der Waals surface area contributed by atoms with Crippen molar-refractivity contribution in [3.05, 3.63) is 102 Å². The van der Waals surface area contributed by atoms with Gasteiger partial charge in [-0.2, -0.15) is 0 Å². The molecule has 2 amide bonds. The molecule has 0 saturated carbocycles. The van der Waals surface area contributed by atoms with E-state index in [9.17, 15) is 9.59 Å². The molecule has 1 heterocycles. The number of pyridine rings is 1. The molecule has 0 saturated heterocycles. The van der Waals surface area contributed by atoms with Crippen molar-refractivity contribution in [3.63, 3.8) is 0 Å². The van der Waals surface area contributed by atoms with Crippen LogP contribution in [0.5, 0.6) is 0 Å². The Balaban J connectivity index is 1.59. The Hall–Kier alpha value is -3.68. The number of rotatable bonds is 8. The zero-order chi connectivity index (χ0) is 25.5. The van der Waals surface area contributed by atoms with Crippen LogP contribution in [-0.2, 0) is 11.2 Å². The lowest BCUT2D eigenvalue weighted by Gasteiger charge is -2.21. The summed E-state index contributed by atoms with van der Waals surface area (Å²) >= 11 is 1.57. The van der Waals surface area contributed by atoms with Crippen molar-refractivity contribution in [1.29, 1.82) is 0 Å². The third-order valence-electron chi connectivity index (χ3n) is 5.41. The monoisotopic (exact) mass is 498 g/mol. The lowest BCUT2D eigenvalue weighted by atomic mass is 10.0. The molecule has 0 fully saturated rings. The molecule has 0 aliphatic carbocycles. The van der Waals surface area contributed by atoms with E-state index in [4.69, 9.17) is 0 Å². The number of aromatic nitrogens is 1. The number of nitrogens with zero attached hydrogens (tertiary/aromatic N) is 1. The minimum absolute atomic E-state index is 0.0465. The van der Waals surface area contributed by atoms with E-state index in [1.165, 1.54) is 0 Å². The van der Waals surface area contributed by atoms with E-state index in [2.05, 4.69) is 47.2 Å². The topological polar surface area (TPSA) is 83.1 Å². The Morgan fingerprint density at radius 1 is 0.861 bits per heavy atom. The summed E-state index contributed by atoms with van der Waals surface area (Å²) in [4.78, 5) is 31.5. The molecule has 3 aromatic carbocycles. The van der Waals surface area contributed by atoms with Gasteiger partial charge in [0.1, 0.15) is 11.7 Å². The molecule has 4 aromatic rings. The van der Waals surface area contributed by atoms with Crippen LogP contribution in [0.4, 0.5) is 5.69 Å². The van der Waals surface area contributed by atoms with Gasteiger partial charge in [-0.15, -0.1) is 0 Å². The third kappa shape index (κ3) is 6.71. The van der Waals surface area contributed by atoms with Crippen LogP contribution in [0.2, 0.25) is 0 Å². The lowest BCUT2D eigenvalue weighted by molar-refractivity contribution is -0.118. The van der Waals surface area contributed by atoms with Gasteiger partial charge in [0.05, 0.1) is 0 Å². The smallest absolute Gasteiger partial charge is 0.270 e. The Morgan fingerprint density at radius 2 is 1.58 bits per heavy atom. The van der Waals surface area contributed by atoms with E-state index in [1.54, 1.807) is 36.3 Å². The van der Waals surface area contributed by atoms with Crippen molar-refractivity contribution in [2.24, 2.45) is 0 Å². The third-order valence-corrected chi connectivity index (χ3v) is 6.70. The summed E-state index contributed by atoms with van der Waals surface area (Å²) in [6.07, 6.45) is 1.91. The van der Waals surface area contributed by atoms with Gasteiger partial charge in [-0.1, -0.05) is 60.7 Å². The van der Waals surface area contributed by atoms with Gasteiger partial charge < -0.3 is 10.6 Å². The summed E-state index contributed by atoms with van der Waals surface area (Å²) in [7, 11) is 0. The van der Waals surface area contributed by atoms with Crippen molar-refractivity contribution < 1.29 is 9.59 Å². The Kier molecular flexibility index (Phi) is 8.03. The number of benzene rings is 3. The van der Waals surface area contributed by atoms with Crippen LogP contribution in [0.3, 0.4) is 0 Å². The van der Waals surface area contributed by atoms with E-state index >= 15 is 0 Å². The van der Waals surface area contributed by atoms with Gasteiger partial charge in [-0.05, 0) is 67.9 Å². The normalized spacial score (nSPS) is 12.2. The highest BCUT2D eigenvalue weighted by atomic mass is 32.2. The minimum atomic E-state index is -0.780. The average Bonchev–Trinajstić information content (AvgIpc) is 2.88. The number of fused-ring (bicyclic) bond motifs is 1. The van der Waals surface area contributed by atoms with E-state index in [0.29, 0.717) is 12.1 Å². The first-order chi connectivity index (χ1) is 17.3. The van der Waals surface area contributed by atoms with Crippen molar-refractivity contribution in [1.82, 2.24) is 15.0 Å². The molecule has 1 aromatic heterocycles. The summed E-state index contributed by atoms with van der Waals surface area (Å²) in [6, 6.07) is 25.9. The highest BCUT2D eigenvalue weighted by molar-refractivity contribution is 7.97. The SMILES string of the molecule is CC(C)(C)NSc1cccc2c(NC(=O)[C@H](Cc3ccccc3)NC(=O)c3ccccn3)cccc12. The fourth-order valence-electron chi connectivity index (χ4n) is 3.70. The van der Waals surface area contributed by atoms with Crippen LogP contribution in [0.15, 0.2) is 96.0 Å². The molecule has 0 aliphatic rings. The van der Waals surface area contributed by atoms with Gasteiger partial charge in [0.25, 0.3) is 5.91 Å². The Morgan fingerprint density at radius 3 is 2.31 bits per heavy atom. The van der Waals surface area contributed by atoms with Gasteiger partial charge in [-0.25, -0.2) is 0 Å². The predicted molar refractivity (Wildman–Crippen MR) is 147 cm³/mol. The van der Waals surface area contributed by atoms with Gasteiger partial charge in [0, 0.05) is 34.1 Å². The molecule has 7 heteroatoms. The molecule has 1 atom stereocenters. The van der Waals surface area contributed by atoms with Gasteiger partial charge in [0.15, 0.2) is 0 Å². The summed E-state index contributed by atoms with van der Waals surface area (Å²) in [5.74, 6) is -0.682. The van der Waals surface area contributed by atoms with Crippen molar-refractivity contribution in [2.45, 2.75) is 43.7 Å². The van der Waals surface area contributed by atoms with Crippen LogP contribution in [0.25, 0.3) is 10.8 Å². The maximum Gasteiger partial charge on any atom is 0.270 e. The molecule has 0 bridgehead atoms. The lowest BCUT2D eigenvalue weighted by Crippen LogP contribution is -2.45. The zero-order valence-corrected chi connectivity index (χ0v) is 21.4. The summed E-state index contributed by atoms with van der Waals surface area (Å²) in [5.41, 5.74) is 1.86. The van der Waals surface area contributed by atoms with Gasteiger partial charge in [-0.3, -0.25) is 19.3 Å². The highest BCUT2D eigenvalue weighted by Gasteiger charge is 2.23. The fourth-order valence-corrected chi connectivity index (χ4v) is 4.55. The fraction of sp³-hybridized carbons (Fsp3) is 0.207. The van der Waals surface area contributed by atoms with E-state index < -0.39 is 11.9 Å². The maximum atomic E-state index is 13.5. The molecule has 0 unspecified atom stereocenters.